The van der Waals surface area contributed by atoms with Crippen LogP contribution in [0.1, 0.15) is 28.7 Å². The van der Waals surface area contributed by atoms with Crippen molar-refractivity contribution in [2.45, 2.75) is 46.8 Å². The second kappa shape index (κ2) is 20.3. The topological polar surface area (TPSA) is 29.1 Å². The maximum Gasteiger partial charge on any atom is 0.319 e. The third-order valence-electron chi connectivity index (χ3n) is 6.44. The number of halogens is 1. The van der Waals surface area contributed by atoms with Crippen LogP contribution in [0.15, 0.2) is 121 Å². The van der Waals surface area contributed by atoms with Crippen molar-refractivity contribution in [3.05, 3.63) is 144 Å². The number of alkyl halides is 1. The molecule has 0 bridgehead atoms. The van der Waals surface area contributed by atoms with Crippen molar-refractivity contribution < 1.29 is 4.79 Å². The normalized spacial score (nSPS) is 13.8. The van der Waals surface area contributed by atoms with Gasteiger partial charge in [-0.05, 0) is 35.1 Å². The van der Waals surface area contributed by atoms with Crippen molar-refractivity contribution in [2.75, 3.05) is 0 Å². The second-order valence-electron chi connectivity index (χ2n) is 9.88. The molecule has 4 aromatic rings. The molecule has 0 saturated carbocycles. The van der Waals surface area contributed by atoms with Crippen LogP contribution in [0, 0.1) is 0 Å². The van der Waals surface area contributed by atoms with E-state index in [1.54, 1.807) is 34.1 Å². The Labute approximate surface area is 294 Å². The summed E-state index contributed by atoms with van der Waals surface area (Å²) in [6, 6.07) is 41.4. The van der Waals surface area contributed by atoms with Gasteiger partial charge < -0.3 is 5.32 Å². The van der Waals surface area contributed by atoms with E-state index in [1.165, 1.54) is 16.7 Å². The molecular weight excluding hydrogens is 716 g/mol. The van der Waals surface area contributed by atoms with Crippen molar-refractivity contribution in [3.63, 3.8) is 0 Å². The summed E-state index contributed by atoms with van der Waals surface area (Å²) in [5, 5.41) is 0.967. The molecule has 228 valence electrons. The third kappa shape index (κ3) is 13.8. The minimum absolute atomic E-state index is 0.135. The molecule has 5 atom stereocenters. The Morgan fingerprint density at radius 1 is 0.636 bits per heavy atom. The highest BCUT2D eigenvalue weighted by molar-refractivity contribution is 8.94. The lowest BCUT2D eigenvalue weighted by Gasteiger charge is -2.19. The van der Waals surface area contributed by atoms with Gasteiger partial charge in [-0.2, -0.15) is 0 Å². The van der Waals surface area contributed by atoms with Crippen LogP contribution >= 0.6 is 67.3 Å². The van der Waals surface area contributed by atoms with Gasteiger partial charge in [0.25, 0.3) is 0 Å². The van der Waals surface area contributed by atoms with E-state index < -0.39 is 15.6 Å². The molecule has 0 aliphatic heterocycles. The lowest BCUT2D eigenvalue weighted by molar-refractivity contribution is -0.121. The van der Waals surface area contributed by atoms with Crippen molar-refractivity contribution in [1.82, 2.24) is 5.32 Å². The Hall–Kier alpha value is -0.920. The summed E-state index contributed by atoms with van der Waals surface area (Å²) in [6.07, 6.45) is 2.06. The largest absolute Gasteiger partial charge is 0.339 e. The number of rotatable bonds is 18. The molecule has 0 radical (unpaired) electrons. The number of hydrogen-bond acceptors (Lipinski definition) is 7. The van der Waals surface area contributed by atoms with Crippen molar-refractivity contribution in [1.29, 1.82) is 0 Å². The van der Waals surface area contributed by atoms with Gasteiger partial charge in [-0.3, -0.25) is 4.79 Å². The van der Waals surface area contributed by atoms with Gasteiger partial charge in [0.05, 0.1) is 16.8 Å². The molecule has 1 amide bonds. The second-order valence-corrected chi connectivity index (χ2v) is 27.6. The van der Waals surface area contributed by atoms with E-state index in [2.05, 4.69) is 78.1 Å². The van der Waals surface area contributed by atoms with Crippen LogP contribution in [-0.4, -0.2) is 21.9 Å². The van der Waals surface area contributed by atoms with Crippen LogP contribution < -0.4 is 5.32 Å². The van der Waals surface area contributed by atoms with Crippen molar-refractivity contribution >= 4 is 96.9 Å². The number of hydrogen-bond donors (Lipinski definition) is 1. The highest BCUT2D eigenvalue weighted by Crippen LogP contribution is 2.55. The Kier molecular flexibility index (Phi) is 16.6. The zero-order chi connectivity index (χ0) is 31.0. The highest BCUT2D eigenvalue weighted by Gasteiger charge is 2.31. The highest BCUT2D eigenvalue weighted by atomic mass is 35.5. The monoisotopic (exact) mass is 749 g/mol. The molecule has 4 aromatic carbocycles. The first-order valence-electron chi connectivity index (χ1n) is 14.1. The lowest BCUT2D eigenvalue weighted by Crippen LogP contribution is -2.39. The van der Waals surface area contributed by atoms with Gasteiger partial charge in [-0.25, -0.2) is 0 Å². The first-order chi connectivity index (χ1) is 21.4. The standard InChI is InChI=1S/C33H33ClNOP2S6/c34-31(23-30(21-26-13-5-1-6-14-26)43-37(39)41-24-28-17-9-3-10-18-28)33(36)35-32(22-27-15-7-2-8-16-27)44-38(40)42-25-29-19-11-4-12-20-29/h1-20,30-32H,21-25H2/q+1/p+1. The van der Waals surface area contributed by atoms with Gasteiger partial charge in [0.2, 0.25) is 5.91 Å². The quantitative estimate of drug-likeness (QED) is 0.0615. The van der Waals surface area contributed by atoms with Gasteiger partial charge in [0.15, 0.2) is 23.6 Å². The Balaban J connectivity index is 1.37. The fourth-order valence-electron chi connectivity index (χ4n) is 4.26. The van der Waals surface area contributed by atoms with E-state index in [9.17, 15) is 4.79 Å². The summed E-state index contributed by atoms with van der Waals surface area (Å²) in [6.45, 7) is 0. The summed E-state index contributed by atoms with van der Waals surface area (Å²) in [4.78, 5) is 13.6. The molecule has 0 aliphatic rings. The first-order valence-corrected chi connectivity index (χ1v) is 25.4. The molecule has 2 nitrogen and oxygen atoms in total. The first kappa shape index (κ1) is 35.9. The molecule has 11 heteroatoms. The lowest BCUT2D eigenvalue weighted by atomic mass is 10.1. The number of carbonyl (C=O) groups excluding carboxylic acids is 1. The molecule has 0 spiro atoms. The van der Waals surface area contributed by atoms with Crippen molar-refractivity contribution in [2.24, 2.45) is 0 Å². The van der Waals surface area contributed by atoms with Crippen LogP contribution in [-0.2, 0) is 52.8 Å². The van der Waals surface area contributed by atoms with Crippen LogP contribution in [0.3, 0.4) is 0 Å². The number of carbonyl (C=O) groups is 1. The zero-order valence-corrected chi connectivity index (χ0v) is 31.4. The average molecular weight is 750 g/mol. The SMILES string of the molecule is O=C(NC(Cc1ccccc1)S[P+](=S)SCc1ccccc1)C(Cl)CC(Cc1ccccc1)S[P+](=S)SCc1ccccc1. The molecule has 0 aromatic heterocycles. The van der Waals surface area contributed by atoms with Gasteiger partial charge in [0.1, 0.15) is 56.3 Å². The van der Waals surface area contributed by atoms with Crippen LogP contribution in [0.5, 0.6) is 0 Å². The van der Waals surface area contributed by atoms with E-state index in [1.807, 2.05) is 59.9 Å². The van der Waals surface area contributed by atoms with E-state index >= 15 is 0 Å². The van der Waals surface area contributed by atoms with E-state index in [-0.39, 0.29) is 16.5 Å². The smallest absolute Gasteiger partial charge is 0.319 e. The summed E-state index contributed by atoms with van der Waals surface area (Å²) < 4.78 is 0. The maximum atomic E-state index is 13.6. The predicted octanol–water partition coefficient (Wildman–Crippen LogP) is 11.2. The van der Waals surface area contributed by atoms with Gasteiger partial charge in [-0.1, -0.05) is 121 Å². The fraction of sp³-hybridized carbons (Fsp3) is 0.242. The number of amides is 1. The molecule has 44 heavy (non-hydrogen) atoms. The number of benzene rings is 4. The summed E-state index contributed by atoms with van der Waals surface area (Å²) in [5.41, 5.74) is 4.92. The molecule has 4 rings (SSSR count). The van der Waals surface area contributed by atoms with E-state index in [4.69, 9.17) is 35.2 Å². The average Bonchev–Trinajstić information content (AvgIpc) is 3.04. The summed E-state index contributed by atoms with van der Waals surface area (Å²) >= 11 is 25.7. The van der Waals surface area contributed by atoms with Gasteiger partial charge >= 0.3 is 10.2 Å². The molecule has 1 N–H and O–H groups in total. The minimum Gasteiger partial charge on any atom is -0.339 e. The molecule has 0 aliphatic carbocycles. The molecular formula is C33H34ClNOP2S6+2. The van der Waals surface area contributed by atoms with E-state index in [0.29, 0.717) is 12.8 Å². The zero-order valence-electron chi connectivity index (χ0n) is 23.9. The fourth-order valence-corrected chi connectivity index (χ4v) is 18.3. The maximum absolute atomic E-state index is 13.6. The van der Waals surface area contributed by atoms with Crippen molar-refractivity contribution in [3.8, 4) is 0 Å². The van der Waals surface area contributed by atoms with Crippen LogP contribution in [0.4, 0.5) is 0 Å². The Morgan fingerprint density at radius 2 is 1.05 bits per heavy atom. The van der Waals surface area contributed by atoms with Crippen LogP contribution in [0.25, 0.3) is 0 Å². The molecule has 0 heterocycles. The minimum atomic E-state index is -0.834. The number of nitrogens with one attached hydrogen (secondary N) is 1. The predicted molar refractivity (Wildman–Crippen MR) is 209 cm³/mol. The molecule has 5 unspecified atom stereocenters. The Bertz CT molecular complexity index is 1450. The molecule has 0 fully saturated rings. The van der Waals surface area contributed by atoms with Gasteiger partial charge in [-0.15, -0.1) is 11.6 Å². The molecule has 0 saturated heterocycles. The summed E-state index contributed by atoms with van der Waals surface area (Å²) in [5.74, 6) is 1.60. The Morgan fingerprint density at radius 3 is 1.52 bits per heavy atom. The van der Waals surface area contributed by atoms with E-state index in [0.717, 1.165) is 23.5 Å². The van der Waals surface area contributed by atoms with Crippen LogP contribution in [0.2, 0.25) is 0 Å². The van der Waals surface area contributed by atoms with Gasteiger partial charge in [0, 0.05) is 6.42 Å². The third-order valence-corrected chi connectivity index (χ3v) is 21.3. The summed E-state index contributed by atoms with van der Waals surface area (Å²) in [7, 11) is 0.